The largest absolute Gasteiger partial charge is 0.474 e. The Morgan fingerprint density at radius 2 is 2.15 bits per heavy atom. The highest BCUT2D eigenvalue weighted by Crippen LogP contribution is 2.38. The van der Waals surface area contributed by atoms with Gasteiger partial charge in [-0.15, -0.1) is 0 Å². The minimum Gasteiger partial charge on any atom is -0.474 e. The first-order chi connectivity index (χ1) is 12.3. The van der Waals surface area contributed by atoms with Crippen molar-refractivity contribution in [1.29, 1.82) is 0 Å². The van der Waals surface area contributed by atoms with Gasteiger partial charge in [-0.1, -0.05) is 0 Å². The molecule has 1 aromatic heterocycles. The number of nitrogens with zero attached hydrogens (tertiary/aromatic N) is 1. The molecule has 26 heavy (non-hydrogen) atoms. The molecular weight excluding hydrogens is 361 g/mol. The van der Waals surface area contributed by atoms with Gasteiger partial charge in [0, 0.05) is 24.8 Å². The summed E-state index contributed by atoms with van der Waals surface area (Å²) in [6.45, 7) is -1.54. The van der Waals surface area contributed by atoms with Crippen molar-refractivity contribution in [2.45, 2.75) is 44.2 Å². The minimum atomic E-state index is -4.24. The highest BCUT2D eigenvalue weighted by Gasteiger charge is 2.44. The van der Waals surface area contributed by atoms with E-state index in [2.05, 4.69) is 15.6 Å². The summed E-state index contributed by atoms with van der Waals surface area (Å²) in [5.41, 5.74) is 0.598. The Balaban J connectivity index is 1.75. The van der Waals surface area contributed by atoms with Crippen LogP contribution in [0.2, 0.25) is 0 Å². The smallest absolute Gasteiger partial charge is 0.391 e. The number of rotatable bonds is 7. The second-order valence-corrected chi connectivity index (χ2v) is 6.14. The van der Waals surface area contributed by atoms with E-state index in [1.807, 2.05) is 0 Å². The molecule has 2 amide bonds. The second-order valence-electron chi connectivity index (χ2n) is 6.14. The molecule has 1 aliphatic rings. The van der Waals surface area contributed by atoms with Gasteiger partial charge in [-0.25, -0.2) is 18.6 Å². The summed E-state index contributed by atoms with van der Waals surface area (Å²) in [6, 6.07) is 1.96. The number of pyridine rings is 1. The van der Waals surface area contributed by atoms with Gasteiger partial charge >= 0.3 is 12.2 Å². The molecular formula is C16H20F5N3O2. The van der Waals surface area contributed by atoms with Gasteiger partial charge in [0.25, 0.3) is 0 Å². The fourth-order valence-corrected chi connectivity index (χ4v) is 2.69. The number of alkyl halides is 5. The van der Waals surface area contributed by atoms with Crippen molar-refractivity contribution in [1.82, 2.24) is 15.6 Å². The summed E-state index contributed by atoms with van der Waals surface area (Å²) < 4.78 is 67.7. The average Bonchev–Trinajstić information content (AvgIpc) is 3.07. The molecule has 2 N–H and O–H groups in total. The Morgan fingerprint density at radius 1 is 1.38 bits per heavy atom. The van der Waals surface area contributed by atoms with Crippen LogP contribution in [0.5, 0.6) is 5.88 Å². The van der Waals surface area contributed by atoms with E-state index >= 15 is 0 Å². The third-order valence-corrected chi connectivity index (χ3v) is 4.06. The fraction of sp³-hybridized carbons (Fsp3) is 0.625. The number of ether oxygens (including phenoxy) is 1. The molecule has 1 heterocycles. The van der Waals surface area contributed by atoms with Crippen molar-refractivity contribution < 1.29 is 31.5 Å². The third kappa shape index (κ3) is 6.30. The summed E-state index contributed by atoms with van der Waals surface area (Å²) in [5.74, 6) is -1.29. The summed E-state index contributed by atoms with van der Waals surface area (Å²) in [6.07, 6.45) is -4.42. The molecule has 3 atom stereocenters. The maximum atomic E-state index is 12.8. The number of amides is 2. The lowest BCUT2D eigenvalue weighted by atomic mass is 10.1. The quantitative estimate of drug-likeness (QED) is 0.713. The number of carbonyl (C=O) groups excluding carboxylic acids is 1. The van der Waals surface area contributed by atoms with Crippen LogP contribution in [0.25, 0.3) is 0 Å². The Bertz CT molecular complexity index is 599. The number of urea groups is 1. The minimum absolute atomic E-state index is 0.00788. The molecule has 1 unspecified atom stereocenters. The van der Waals surface area contributed by atoms with Crippen molar-refractivity contribution in [3.63, 3.8) is 0 Å². The molecule has 5 nitrogen and oxygen atoms in total. The number of nitrogens with one attached hydrogen (secondary N) is 2. The Labute approximate surface area is 147 Å². The van der Waals surface area contributed by atoms with Crippen LogP contribution in [0.3, 0.4) is 0 Å². The normalized spacial score (nSPS) is 21.3. The summed E-state index contributed by atoms with van der Waals surface area (Å²) >= 11 is 0. The van der Waals surface area contributed by atoms with E-state index in [9.17, 15) is 26.7 Å². The van der Waals surface area contributed by atoms with E-state index in [4.69, 9.17) is 4.74 Å². The highest BCUT2D eigenvalue weighted by atomic mass is 19.4. The Kier molecular flexibility index (Phi) is 6.98. The SMILES string of the molecule is O=C(NCc1ccnc(OCC(F)CF)c1)N[C@@H]1CC[C@H](C(F)(F)F)C1. The molecule has 0 spiro atoms. The zero-order valence-corrected chi connectivity index (χ0v) is 13.9. The van der Waals surface area contributed by atoms with Crippen molar-refractivity contribution in [2.75, 3.05) is 13.3 Å². The summed E-state index contributed by atoms with van der Waals surface area (Å²) in [5, 5.41) is 5.06. The van der Waals surface area contributed by atoms with Crippen LogP contribution < -0.4 is 15.4 Å². The summed E-state index contributed by atoms with van der Waals surface area (Å²) in [7, 11) is 0. The highest BCUT2D eigenvalue weighted by molar-refractivity contribution is 5.74. The van der Waals surface area contributed by atoms with Crippen molar-refractivity contribution in [3.05, 3.63) is 23.9 Å². The fourth-order valence-electron chi connectivity index (χ4n) is 2.69. The van der Waals surface area contributed by atoms with Crippen LogP contribution in [-0.4, -0.2) is 42.7 Å². The topological polar surface area (TPSA) is 63.2 Å². The molecule has 146 valence electrons. The molecule has 1 aromatic rings. The number of aromatic nitrogens is 1. The van der Waals surface area contributed by atoms with Crippen LogP contribution in [-0.2, 0) is 6.54 Å². The van der Waals surface area contributed by atoms with Crippen LogP contribution in [0.15, 0.2) is 18.3 Å². The molecule has 1 saturated carbocycles. The molecule has 2 rings (SSSR count). The van der Waals surface area contributed by atoms with Crippen LogP contribution in [0, 0.1) is 5.92 Å². The molecule has 0 radical (unpaired) electrons. The molecule has 1 fully saturated rings. The zero-order valence-electron chi connectivity index (χ0n) is 13.9. The molecule has 0 bridgehead atoms. The Morgan fingerprint density at radius 3 is 2.81 bits per heavy atom. The second kappa shape index (κ2) is 9.00. The standard InChI is InChI=1S/C16H20F5N3O2/c17-7-12(18)9-26-14-5-10(3-4-22-14)8-23-15(25)24-13-2-1-11(6-13)16(19,20)21/h3-5,11-13H,1-2,6-9H2,(H2,23,24,25)/t11-,12?,13+/m0/s1. The number of halogens is 5. The first-order valence-electron chi connectivity index (χ1n) is 8.16. The van der Waals surface area contributed by atoms with E-state index in [0.717, 1.165) is 0 Å². The van der Waals surface area contributed by atoms with Crippen molar-refractivity contribution in [2.24, 2.45) is 5.92 Å². The predicted molar refractivity (Wildman–Crippen MR) is 83.2 cm³/mol. The molecule has 1 aliphatic carbocycles. The Hall–Kier alpha value is -2.13. The maximum absolute atomic E-state index is 12.8. The van der Waals surface area contributed by atoms with Gasteiger partial charge in [0.05, 0.1) is 5.92 Å². The van der Waals surface area contributed by atoms with E-state index in [-0.39, 0.29) is 31.7 Å². The lowest BCUT2D eigenvalue weighted by Gasteiger charge is -2.16. The summed E-state index contributed by atoms with van der Waals surface area (Å²) in [4.78, 5) is 15.7. The number of carbonyl (C=O) groups is 1. The average molecular weight is 381 g/mol. The molecule has 0 aliphatic heterocycles. The van der Waals surface area contributed by atoms with E-state index in [1.54, 1.807) is 6.07 Å². The van der Waals surface area contributed by atoms with Crippen LogP contribution >= 0.6 is 0 Å². The lowest BCUT2D eigenvalue weighted by Crippen LogP contribution is -2.41. The van der Waals surface area contributed by atoms with Crippen LogP contribution in [0.1, 0.15) is 24.8 Å². The zero-order chi connectivity index (χ0) is 19.2. The molecule has 0 aromatic carbocycles. The van der Waals surface area contributed by atoms with Gasteiger partial charge in [0.1, 0.15) is 13.3 Å². The number of hydrogen-bond donors (Lipinski definition) is 2. The number of hydrogen-bond acceptors (Lipinski definition) is 3. The van der Waals surface area contributed by atoms with Crippen LogP contribution in [0.4, 0.5) is 26.7 Å². The molecule has 0 saturated heterocycles. The third-order valence-electron chi connectivity index (χ3n) is 4.06. The van der Waals surface area contributed by atoms with Gasteiger partial charge in [-0.2, -0.15) is 13.2 Å². The maximum Gasteiger partial charge on any atom is 0.391 e. The van der Waals surface area contributed by atoms with Gasteiger partial charge in [-0.05, 0) is 30.9 Å². The predicted octanol–water partition coefficient (Wildman–Crippen LogP) is 3.30. The van der Waals surface area contributed by atoms with E-state index in [0.29, 0.717) is 5.56 Å². The van der Waals surface area contributed by atoms with E-state index < -0.39 is 43.6 Å². The van der Waals surface area contributed by atoms with Gasteiger partial charge in [-0.3, -0.25) is 0 Å². The molecule has 10 heteroatoms. The first-order valence-corrected chi connectivity index (χ1v) is 8.16. The van der Waals surface area contributed by atoms with E-state index in [1.165, 1.54) is 12.3 Å². The van der Waals surface area contributed by atoms with Gasteiger partial charge < -0.3 is 15.4 Å². The first kappa shape index (κ1) is 20.2. The van der Waals surface area contributed by atoms with Crippen molar-refractivity contribution >= 4 is 6.03 Å². The lowest BCUT2D eigenvalue weighted by molar-refractivity contribution is -0.172. The van der Waals surface area contributed by atoms with Crippen molar-refractivity contribution in [3.8, 4) is 5.88 Å². The van der Waals surface area contributed by atoms with Gasteiger partial charge in [0.2, 0.25) is 5.88 Å². The monoisotopic (exact) mass is 381 g/mol. The van der Waals surface area contributed by atoms with Gasteiger partial charge in [0.15, 0.2) is 6.17 Å².